The van der Waals surface area contributed by atoms with Crippen LogP contribution in [0.2, 0.25) is 0 Å². The van der Waals surface area contributed by atoms with Crippen molar-refractivity contribution in [3.63, 3.8) is 0 Å². The van der Waals surface area contributed by atoms with Gasteiger partial charge in [0.2, 0.25) is 5.91 Å². The van der Waals surface area contributed by atoms with Crippen molar-refractivity contribution >= 4 is 18.0 Å². The monoisotopic (exact) mass is 466 g/mol. The zero-order chi connectivity index (χ0) is 23.9. The van der Waals surface area contributed by atoms with E-state index in [0.29, 0.717) is 13.1 Å². The Balaban J connectivity index is 1.15. The van der Waals surface area contributed by atoms with Gasteiger partial charge >= 0.3 is 12.1 Å². The van der Waals surface area contributed by atoms with Gasteiger partial charge in [0.15, 0.2) is 0 Å². The molecule has 4 rings (SSSR count). The fourth-order valence-electron chi connectivity index (χ4n) is 4.83. The van der Waals surface area contributed by atoms with Crippen LogP contribution in [0.3, 0.4) is 0 Å². The molecule has 2 aromatic carbocycles. The van der Waals surface area contributed by atoms with Gasteiger partial charge in [-0.3, -0.25) is 9.59 Å². The molecule has 34 heavy (non-hydrogen) atoms. The molecule has 2 N–H and O–H groups in total. The molecule has 1 fully saturated rings. The van der Waals surface area contributed by atoms with E-state index in [4.69, 9.17) is 14.6 Å². The van der Waals surface area contributed by atoms with Crippen molar-refractivity contribution in [1.82, 2.24) is 10.2 Å². The molecule has 1 heterocycles. The molecule has 2 amide bonds. The first kappa shape index (κ1) is 23.8. The number of ether oxygens (including phenoxy) is 2. The maximum Gasteiger partial charge on any atom is 0.407 e. The van der Waals surface area contributed by atoms with Gasteiger partial charge in [0.1, 0.15) is 13.2 Å². The Labute approximate surface area is 198 Å². The van der Waals surface area contributed by atoms with E-state index in [0.717, 1.165) is 24.0 Å². The second-order valence-corrected chi connectivity index (χ2v) is 8.75. The van der Waals surface area contributed by atoms with Gasteiger partial charge in [-0.1, -0.05) is 48.5 Å². The minimum atomic E-state index is -0.838. The summed E-state index contributed by atoms with van der Waals surface area (Å²) in [7, 11) is 0. The van der Waals surface area contributed by atoms with E-state index in [-0.39, 0.29) is 50.5 Å². The normalized spacial score (nSPS) is 17.1. The fourth-order valence-corrected chi connectivity index (χ4v) is 4.83. The molecule has 0 spiro atoms. The molecular weight excluding hydrogens is 436 g/mol. The molecule has 0 saturated carbocycles. The van der Waals surface area contributed by atoms with Crippen LogP contribution in [0.5, 0.6) is 0 Å². The number of carbonyl (C=O) groups excluding carboxylic acids is 2. The summed E-state index contributed by atoms with van der Waals surface area (Å²) in [6, 6.07) is 16.3. The van der Waals surface area contributed by atoms with E-state index in [1.807, 2.05) is 24.3 Å². The minimum absolute atomic E-state index is 0.00140. The number of rotatable bonds is 9. The lowest BCUT2D eigenvalue weighted by molar-refractivity contribution is -0.142. The molecule has 180 valence electrons. The molecule has 1 unspecified atom stereocenters. The van der Waals surface area contributed by atoms with Crippen molar-refractivity contribution in [2.45, 2.75) is 25.2 Å². The summed E-state index contributed by atoms with van der Waals surface area (Å²) in [4.78, 5) is 37.1. The number of piperidine rings is 1. The predicted molar refractivity (Wildman–Crippen MR) is 125 cm³/mol. The van der Waals surface area contributed by atoms with Crippen molar-refractivity contribution < 1.29 is 29.0 Å². The number of carboxylic acids is 1. The van der Waals surface area contributed by atoms with E-state index in [1.54, 1.807) is 4.90 Å². The minimum Gasteiger partial charge on any atom is -0.481 e. The maximum atomic E-state index is 12.3. The molecule has 0 aromatic heterocycles. The number of benzene rings is 2. The number of carbonyl (C=O) groups is 3. The highest BCUT2D eigenvalue weighted by Gasteiger charge is 2.29. The lowest BCUT2D eigenvalue weighted by atomic mass is 9.95. The molecule has 1 aliphatic carbocycles. The first-order chi connectivity index (χ1) is 16.5. The van der Waals surface area contributed by atoms with Gasteiger partial charge in [0.25, 0.3) is 0 Å². The molecule has 8 heteroatoms. The average molecular weight is 467 g/mol. The maximum absolute atomic E-state index is 12.3. The van der Waals surface area contributed by atoms with Crippen molar-refractivity contribution in [3.05, 3.63) is 59.7 Å². The Hall–Kier alpha value is -3.39. The number of nitrogens with one attached hydrogen (secondary N) is 1. The van der Waals surface area contributed by atoms with Crippen molar-refractivity contribution in [2.24, 2.45) is 5.92 Å². The highest BCUT2D eigenvalue weighted by molar-refractivity contribution is 5.79. The smallest absolute Gasteiger partial charge is 0.407 e. The summed E-state index contributed by atoms with van der Waals surface area (Å²) in [5, 5.41) is 11.6. The number of carboxylic acid groups (broad SMARTS) is 1. The van der Waals surface area contributed by atoms with Crippen molar-refractivity contribution in [2.75, 3.05) is 39.5 Å². The van der Waals surface area contributed by atoms with Crippen LogP contribution in [0.15, 0.2) is 48.5 Å². The van der Waals surface area contributed by atoms with Gasteiger partial charge in [0, 0.05) is 32.0 Å². The van der Waals surface area contributed by atoms with E-state index < -0.39 is 12.1 Å². The highest BCUT2D eigenvalue weighted by Crippen LogP contribution is 2.44. The van der Waals surface area contributed by atoms with Gasteiger partial charge in [-0.25, -0.2) is 4.79 Å². The van der Waals surface area contributed by atoms with E-state index in [2.05, 4.69) is 29.6 Å². The van der Waals surface area contributed by atoms with Gasteiger partial charge in [0.05, 0.1) is 6.61 Å². The highest BCUT2D eigenvalue weighted by atomic mass is 16.5. The number of hydrogen-bond acceptors (Lipinski definition) is 5. The molecule has 2 aromatic rings. The fraction of sp³-hybridized carbons (Fsp3) is 0.423. The second-order valence-electron chi connectivity index (χ2n) is 8.75. The van der Waals surface area contributed by atoms with Crippen LogP contribution in [0.4, 0.5) is 4.79 Å². The quantitative estimate of drug-likeness (QED) is 0.550. The number of likely N-dealkylation sites (tertiary alicyclic amines) is 1. The first-order valence-corrected chi connectivity index (χ1v) is 11.7. The third kappa shape index (κ3) is 5.75. The summed E-state index contributed by atoms with van der Waals surface area (Å²) in [6.07, 6.45) is 1.17. The van der Waals surface area contributed by atoms with E-state index in [1.165, 1.54) is 11.1 Å². The molecule has 1 atom stereocenters. The zero-order valence-corrected chi connectivity index (χ0v) is 19.1. The largest absolute Gasteiger partial charge is 0.481 e. The molecule has 0 bridgehead atoms. The third-order valence-corrected chi connectivity index (χ3v) is 6.42. The molecular formula is C26H30N2O6. The summed E-state index contributed by atoms with van der Waals surface area (Å²) in [5.41, 5.74) is 4.66. The van der Waals surface area contributed by atoms with E-state index >= 15 is 0 Å². The Kier molecular flexibility index (Phi) is 7.80. The van der Waals surface area contributed by atoms with Crippen molar-refractivity contribution in [3.8, 4) is 11.1 Å². The zero-order valence-electron chi connectivity index (χ0n) is 19.1. The van der Waals surface area contributed by atoms with Crippen LogP contribution >= 0.6 is 0 Å². The third-order valence-electron chi connectivity index (χ3n) is 6.42. The Bertz CT molecular complexity index is 994. The van der Waals surface area contributed by atoms with Crippen molar-refractivity contribution in [1.29, 1.82) is 0 Å². The van der Waals surface area contributed by atoms with Crippen LogP contribution < -0.4 is 5.32 Å². The number of fused-ring (bicyclic) bond motifs is 3. The van der Waals surface area contributed by atoms with Gasteiger partial charge < -0.3 is 24.8 Å². The lowest BCUT2D eigenvalue weighted by Crippen LogP contribution is -2.42. The van der Waals surface area contributed by atoms with Crippen LogP contribution in [-0.2, 0) is 19.1 Å². The average Bonchev–Trinajstić information content (AvgIpc) is 3.16. The Morgan fingerprint density at radius 1 is 1.03 bits per heavy atom. The summed E-state index contributed by atoms with van der Waals surface area (Å²) >= 11 is 0. The summed E-state index contributed by atoms with van der Waals surface area (Å²) in [6.45, 7) is 1.63. The molecule has 1 saturated heterocycles. The SMILES string of the molecule is O=C(O)CC1CCCN(C(=O)COCCNC(=O)OCC2c3ccccc3-c3ccccc32)C1. The van der Waals surface area contributed by atoms with Crippen LogP contribution in [0, 0.1) is 5.92 Å². The second kappa shape index (κ2) is 11.2. The van der Waals surface area contributed by atoms with Gasteiger partial charge in [-0.2, -0.15) is 0 Å². The number of aliphatic carboxylic acids is 1. The first-order valence-electron chi connectivity index (χ1n) is 11.7. The number of nitrogens with zero attached hydrogens (tertiary/aromatic N) is 1. The van der Waals surface area contributed by atoms with Gasteiger partial charge in [-0.15, -0.1) is 0 Å². The van der Waals surface area contributed by atoms with Crippen LogP contribution in [-0.4, -0.2) is 67.4 Å². The predicted octanol–water partition coefficient (Wildman–Crippen LogP) is 3.26. The standard InChI is InChI=1S/C26H30N2O6/c29-24(28-12-5-6-18(15-28)14-25(30)31)17-33-13-11-27-26(32)34-16-23-21-9-3-1-7-19(21)20-8-2-4-10-22(20)23/h1-4,7-10,18,23H,5-6,11-17H2,(H,27,32)(H,30,31). The Morgan fingerprint density at radius 3 is 2.38 bits per heavy atom. The topological polar surface area (TPSA) is 105 Å². The summed E-state index contributed by atoms with van der Waals surface area (Å²) in [5.74, 6) is -1.00. The molecule has 0 radical (unpaired) electrons. The van der Waals surface area contributed by atoms with Gasteiger partial charge in [-0.05, 0) is 41.0 Å². The number of amides is 2. The van der Waals surface area contributed by atoms with Crippen LogP contribution in [0.1, 0.15) is 36.3 Å². The molecule has 2 aliphatic rings. The van der Waals surface area contributed by atoms with Crippen LogP contribution in [0.25, 0.3) is 11.1 Å². The lowest BCUT2D eigenvalue weighted by Gasteiger charge is -2.32. The molecule has 8 nitrogen and oxygen atoms in total. The summed E-state index contributed by atoms with van der Waals surface area (Å²) < 4.78 is 10.9. The van der Waals surface area contributed by atoms with E-state index in [9.17, 15) is 14.4 Å². The number of hydrogen-bond donors (Lipinski definition) is 2. The molecule has 1 aliphatic heterocycles. The Morgan fingerprint density at radius 2 is 1.71 bits per heavy atom. The number of alkyl carbamates (subject to hydrolysis) is 1.